The number of carbonyl (C=O) groups is 2. The molecule has 1 aliphatic heterocycles. The van der Waals surface area contributed by atoms with E-state index in [0.717, 1.165) is 5.56 Å². The molecule has 0 aliphatic carbocycles. The lowest BCUT2D eigenvalue weighted by Crippen LogP contribution is -2.26. The van der Waals surface area contributed by atoms with Crippen molar-refractivity contribution in [1.82, 2.24) is 0 Å². The quantitative estimate of drug-likeness (QED) is 0.437. The molecular formula is C21H20ClNO5. The number of halogens is 1. The van der Waals surface area contributed by atoms with Crippen LogP contribution in [0.1, 0.15) is 31.9 Å². The molecule has 0 atom stereocenters. The minimum atomic E-state index is -0.821. The summed E-state index contributed by atoms with van der Waals surface area (Å²) < 4.78 is 15.7. The molecule has 1 N–H and O–H groups in total. The zero-order valence-electron chi connectivity index (χ0n) is 16.0. The molecule has 0 saturated heterocycles. The Kier molecular flexibility index (Phi) is 5.34. The van der Waals surface area contributed by atoms with E-state index in [1.807, 2.05) is 0 Å². The van der Waals surface area contributed by atoms with E-state index in [4.69, 9.17) is 25.8 Å². The van der Waals surface area contributed by atoms with Gasteiger partial charge in [0.2, 0.25) is 0 Å². The highest BCUT2D eigenvalue weighted by Crippen LogP contribution is 2.36. The van der Waals surface area contributed by atoms with Gasteiger partial charge in [-0.3, -0.25) is 4.79 Å². The Morgan fingerprint density at radius 3 is 2.54 bits per heavy atom. The molecule has 0 fully saturated rings. The average Bonchev–Trinajstić information content (AvgIpc) is 2.89. The summed E-state index contributed by atoms with van der Waals surface area (Å²) in [6, 6.07) is 10.2. The van der Waals surface area contributed by atoms with Crippen LogP contribution in [-0.4, -0.2) is 24.8 Å². The minimum absolute atomic E-state index is 0.217. The third kappa shape index (κ3) is 4.46. The van der Waals surface area contributed by atoms with Crippen molar-refractivity contribution in [3.63, 3.8) is 0 Å². The molecule has 0 bridgehead atoms. The van der Waals surface area contributed by atoms with Gasteiger partial charge >= 0.3 is 6.16 Å². The molecule has 1 heterocycles. The second kappa shape index (κ2) is 7.56. The minimum Gasteiger partial charge on any atom is -0.493 e. The van der Waals surface area contributed by atoms with E-state index >= 15 is 0 Å². The first-order chi connectivity index (χ1) is 13.2. The van der Waals surface area contributed by atoms with Crippen LogP contribution in [0.3, 0.4) is 0 Å². The molecule has 1 amide bonds. The Morgan fingerprint density at radius 2 is 1.86 bits per heavy atom. The first kappa shape index (κ1) is 19.8. The highest BCUT2D eigenvalue weighted by molar-refractivity contribution is 6.36. The van der Waals surface area contributed by atoms with Crippen molar-refractivity contribution in [1.29, 1.82) is 0 Å². The maximum atomic E-state index is 12.3. The van der Waals surface area contributed by atoms with E-state index < -0.39 is 11.8 Å². The standard InChI is InChI=1S/C21H20ClNO5/c1-21(2,3)28-20(25)27-17-8-5-12(10-18(17)26-4)9-15-14-7-6-13(22)11-16(14)23-19(15)24/h5-11H,1-4H3,(H,23,24)/b15-9+. The lowest BCUT2D eigenvalue weighted by Gasteiger charge is -2.19. The molecule has 6 nitrogen and oxygen atoms in total. The molecule has 2 aromatic rings. The first-order valence-corrected chi connectivity index (χ1v) is 8.96. The predicted octanol–water partition coefficient (Wildman–Crippen LogP) is 5.16. The fourth-order valence-electron chi connectivity index (χ4n) is 2.70. The molecule has 28 heavy (non-hydrogen) atoms. The second-order valence-electron chi connectivity index (χ2n) is 7.18. The summed E-state index contributed by atoms with van der Waals surface area (Å²) in [4.78, 5) is 24.2. The third-order valence-electron chi connectivity index (χ3n) is 3.85. The highest BCUT2D eigenvalue weighted by atomic mass is 35.5. The van der Waals surface area contributed by atoms with Crippen LogP contribution in [0.15, 0.2) is 36.4 Å². The molecular weight excluding hydrogens is 382 g/mol. The van der Waals surface area contributed by atoms with Gasteiger partial charge in [-0.1, -0.05) is 23.7 Å². The van der Waals surface area contributed by atoms with Crippen LogP contribution in [0.2, 0.25) is 5.02 Å². The summed E-state index contributed by atoms with van der Waals surface area (Å²) >= 11 is 5.98. The van der Waals surface area contributed by atoms with Gasteiger partial charge in [-0.25, -0.2) is 4.79 Å². The average molecular weight is 402 g/mol. The number of hydrogen-bond acceptors (Lipinski definition) is 5. The number of benzene rings is 2. The molecule has 3 rings (SSSR count). The Bertz CT molecular complexity index is 975. The summed E-state index contributed by atoms with van der Waals surface area (Å²) in [5, 5.41) is 3.33. The largest absolute Gasteiger partial charge is 0.514 e. The Morgan fingerprint density at radius 1 is 1.11 bits per heavy atom. The van der Waals surface area contributed by atoms with Crippen LogP contribution in [0.4, 0.5) is 10.5 Å². The zero-order chi connectivity index (χ0) is 20.5. The number of hydrogen-bond donors (Lipinski definition) is 1. The van der Waals surface area contributed by atoms with Gasteiger partial charge in [0.05, 0.1) is 12.8 Å². The number of carbonyl (C=O) groups excluding carboxylic acids is 2. The van der Waals surface area contributed by atoms with Crippen LogP contribution < -0.4 is 14.8 Å². The van der Waals surface area contributed by atoms with Crippen LogP contribution in [0, 0.1) is 0 Å². The maximum absolute atomic E-state index is 12.3. The fourth-order valence-corrected chi connectivity index (χ4v) is 2.87. The normalized spacial score (nSPS) is 14.5. The van der Waals surface area contributed by atoms with Crippen LogP contribution >= 0.6 is 11.6 Å². The van der Waals surface area contributed by atoms with Crippen molar-refractivity contribution in [2.45, 2.75) is 26.4 Å². The first-order valence-electron chi connectivity index (χ1n) is 8.58. The Balaban J connectivity index is 1.88. The van der Waals surface area contributed by atoms with Crippen molar-refractivity contribution in [2.75, 3.05) is 12.4 Å². The Labute approximate surface area is 168 Å². The number of anilines is 1. The van der Waals surface area contributed by atoms with E-state index in [0.29, 0.717) is 27.6 Å². The molecule has 146 valence electrons. The molecule has 0 radical (unpaired) electrons. The van der Waals surface area contributed by atoms with Gasteiger partial charge in [-0.05, 0) is 56.7 Å². The second-order valence-corrected chi connectivity index (χ2v) is 7.62. The Hall–Kier alpha value is -2.99. The van der Waals surface area contributed by atoms with Crippen LogP contribution in [-0.2, 0) is 9.53 Å². The predicted molar refractivity (Wildman–Crippen MR) is 108 cm³/mol. The molecule has 1 aliphatic rings. The number of rotatable bonds is 3. The molecule has 2 aromatic carbocycles. The summed E-state index contributed by atoms with van der Waals surface area (Å²) in [5.74, 6) is 0.349. The van der Waals surface area contributed by atoms with Crippen molar-refractivity contribution in [2.24, 2.45) is 0 Å². The molecule has 0 saturated carbocycles. The molecule has 7 heteroatoms. The maximum Gasteiger partial charge on any atom is 0.514 e. The van der Waals surface area contributed by atoms with Gasteiger partial charge in [0.15, 0.2) is 11.5 Å². The van der Waals surface area contributed by atoms with Gasteiger partial charge < -0.3 is 19.5 Å². The summed E-state index contributed by atoms with van der Waals surface area (Å²) in [6.45, 7) is 5.25. The van der Waals surface area contributed by atoms with Crippen molar-refractivity contribution in [3.05, 3.63) is 52.5 Å². The van der Waals surface area contributed by atoms with Crippen molar-refractivity contribution >= 4 is 41.0 Å². The van der Waals surface area contributed by atoms with E-state index in [1.54, 1.807) is 63.2 Å². The van der Waals surface area contributed by atoms with Gasteiger partial charge in [0, 0.05) is 16.2 Å². The molecule has 0 unspecified atom stereocenters. The van der Waals surface area contributed by atoms with Gasteiger partial charge in [0.1, 0.15) is 5.60 Å². The number of amides is 1. The highest BCUT2D eigenvalue weighted by Gasteiger charge is 2.24. The van der Waals surface area contributed by atoms with Crippen LogP contribution in [0.5, 0.6) is 11.5 Å². The van der Waals surface area contributed by atoms with E-state index in [2.05, 4.69) is 5.32 Å². The smallest absolute Gasteiger partial charge is 0.493 e. The van der Waals surface area contributed by atoms with Gasteiger partial charge in [0.25, 0.3) is 5.91 Å². The lowest BCUT2D eigenvalue weighted by atomic mass is 10.0. The number of methoxy groups -OCH3 is 1. The summed E-state index contributed by atoms with van der Waals surface area (Å²) in [5.41, 5.74) is 1.99. The summed E-state index contributed by atoms with van der Waals surface area (Å²) in [6.07, 6.45) is 0.910. The summed E-state index contributed by atoms with van der Waals surface area (Å²) in [7, 11) is 1.47. The third-order valence-corrected chi connectivity index (χ3v) is 4.08. The number of fused-ring (bicyclic) bond motifs is 1. The number of ether oxygens (including phenoxy) is 3. The van der Waals surface area contributed by atoms with E-state index in [-0.39, 0.29) is 11.7 Å². The van der Waals surface area contributed by atoms with E-state index in [1.165, 1.54) is 7.11 Å². The number of nitrogens with one attached hydrogen (secondary N) is 1. The fraction of sp³-hybridized carbons (Fsp3) is 0.238. The topological polar surface area (TPSA) is 73.9 Å². The van der Waals surface area contributed by atoms with Gasteiger partial charge in [-0.15, -0.1) is 0 Å². The van der Waals surface area contributed by atoms with Crippen molar-refractivity contribution in [3.8, 4) is 11.5 Å². The monoisotopic (exact) mass is 401 g/mol. The van der Waals surface area contributed by atoms with Gasteiger partial charge in [-0.2, -0.15) is 0 Å². The SMILES string of the molecule is COc1cc(/C=C2/C(=O)Nc3cc(Cl)ccc32)ccc1OC(=O)OC(C)(C)C. The molecule has 0 aromatic heterocycles. The zero-order valence-corrected chi connectivity index (χ0v) is 16.7. The molecule has 0 spiro atoms. The van der Waals surface area contributed by atoms with Crippen LogP contribution in [0.25, 0.3) is 11.6 Å². The van der Waals surface area contributed by atoms with E-state index in [9.17, 15) is 9.59 Å². The van der Waals surface area contributed by atoms with Crippen molar-refractivity contribution < 1.29 is 23.8 Å². The lowest BCUT2D eigenvalue weighted by molar-refractivity contribution is -0.110.